The van der Waals surface area contributed by atoms with Crippen molar-refractivity contribution in [3.05, 3.63) is 29.2 Å². The van der Waals surface area contributed by atoms with Crippen LogP contribution in [0.5, 0.6) is 0 Å². The predicted octanol–water partition coefficient (Wildman–Crippen LogP) is 2.49. The number of ether oxygens (including phenoxy) is 1. The van der Waals surface area contributed by atoms with E-state index in [1.165, 1.54) is 4.26 Å². The monoisotopic (exact) mass is 283 g/mol. The summed E-state index contributed by atoms with van der Waals surface area (Å²) in [7, 11) is 1.75. The second kappa shape index (κ2) is 4.72. The molecule has 0 unspecified atom stereocenters. The van der Waals surface area contributed by atoms with Gasteiger partial charge in [-0.15, -0.1) is 0 Å². The summed E-state index contributed by atoms with van der Waals surface area (Å²) in [5.74, 6) is 0. The van der Waals surface area contributed by atoms with Crippen LogP contribution in [0, 0.1) is 0 Å². The number of hydrogen-bond donors (Lipinski definition) is 0. The Morgan fingerprint density at radius 2 is 2.19 bits per heavy atom. The van der Waals surface area contributed by atoms with E-state index in [0.717, 1.165) is 11.1 Å². The Morgan fingerprint density at radius 3 is 2.94 bits per heavy atom. The molecule has 0 saturated carbocycles. The molecule has 1 aromatic carbocycles. The van der Waals surface area contributed by atoms with Gasteiger partial charge in [-0.05, 0) is 0 Å². The molecule has 3 nitrogen and oxygen atoms in total. The third kappa shape index (κ3) is 1.99. The molecule has 0 aliphatic rings. The van der Waals surface area contributed by atoms with E-state index in [4.69, 9.17) is 4.74 Å². The minimum absolute atomic E-state index is 0.291. The standard InChI is InChI=1S/C12H13NO2Se/c1-3-15-12(14)13(2)10-8-16-11-7-5-4-6-9(10)11/h4-8H,3H2,1-2H3. The Hall–Kier alpha value is -1.25. The Labute approximate surface area is 100 Å². The van der Waals surface area contributed by atoms with Gasteiger partial charge in [0.15, 0.2) is 0 Å². The fourth-order valence-corrected chi connectivity index (χ4v) is 3.60. The van der Waals surface area contributed by atoms with Gasteiger partial charge in [0.05, 0.1) is 0 Å². The number of carbonyl (C=O) groups excluding carboxylic acids is 1. The van der Waals surface area contributed by atoms with Crippen LogP contribution in [0.3, 0.4) is 0 Å². The molecular formula is C12H13NO2Se. The van der Waals surface area contributed by atoms with Crippen LogP contribution in [0.2, 0.25) is 0 Å². The van der Waals surface area contributed by atoms with Gasteiger partial charge >= 0.3 is 100 Å². The number of anilines is 1. The first-order chi connectivity index (χ1) is 7.74. The van der Waals surface area contributed by atoms with E-state index < -0.39 is 0 Å². The summed E-state index contributed by atoms with van der Waals surface area (Å²) in [6.07, 6.45) is -0.291. The summed E-state index contributed by atoms with van der Waals surface area (Å²) >= 11 is 0.326. The molecule has 0 aliphatic heterocycles. The average molecular weight is 282 g/mol. The summed E-state index contributed by atoms with van der Waals surface area (Å²) in [6, 6.07) is 8.18. The van der Waals surface area contributed by atoms with E-state index >= 15 is 0 Å². The SMILES string of the molecule is CCOC(=O)N(C)c1c[se]c2ccccc12. The molecule has 0 bridgehead atoms. The Balaban J connectivity index is 2.36. The molecule has 1 amide bonds. The third-order valence-corrected chi connectivity index (χ3v) is 4.36. The summed E-state index contributed by atoms with van der Waals surface area (Å²) in [5.41, 5.74) is 0.967. The molecule has 16 heavy (non-hydrogen) atoms. The Morgan fingerprint density at radius 1 is 1.44 bits per heavy atom. The van der Waals surface area contributed by atoms with Crippen molar-refractivity contribution >= 4 is 35.9 Å². The first kappa shape index (κ1) is 11.2. The van der Waals surface area contributed by atoms with Gasteiger partial charge in [-0.3, -0.25) is 0 Å². The van der Waals surface area contributed by atoms with Crippen LogP contribution in [0.1, 0.15) is 6.92 Å². The molecular weight excluding hydrogens is 269 g/mol. The van der Waals surface area contributed by atoms with Crippen molar-refractivity contribution in [2.24, 2.45) is 0 Å². The number of rotatable bonds is 2. The van der Waals surface area contributed by atoms with Crippen LogP contribution in [0.15, 0.2) is 29.2 Å². The number of benzene rings is 1. The van der Waals surface area contributed by atoms with E-state index in [-0.39, 0.29) is 6.09 Å². The van der Waals surface area contributed by atoms with Crippen molar-refractivity contribution in [3.8, 4) is 0 Å². The summed E-state index contributed by atoms with van der Waals surface area (Å²) in [4.78, 5) is 15.3. The molecule has 0 saturated heterocycles. The minimum atomic E-state index is -0.291. The first-order valence-corrected chi connectivity index (χ1v) is 6.95. The molecule has 0 spiro atoms. The van der Waals surface area contributed by atoms with Crippen molar-refractivity contribution < 1.29 is 9.53 Å². The molecule has 1 heterocycles. The van der Waals surface area contributed by atoms with E-state index in [1.54, 1.807) is 11.9 Å². The predicted molar refractivity (Wildman–Crippen MR) is 66.3 cm³/mol. The molecule has 2 rings (SSSR count). The molecule has 2 aromatic rings. The topological polar surface area (TPSA) is 29.5 Å². The van der Waals surface area contributed by atoms with Crippen LogP contribution < -0.4 is 4.90 Å². The van der Waals surface area contributed by atoms with Crippen LogP contribution in [-0.4, -0.2) is 34.3 Å². The molecule has 4 heteroatoms. The van der Waals surface area contributed by atoms with Gasteiger partial charge in [0.1, 0.15) is 0 Å². The van der Waals surface area contributed by atoms with E-state index in [9.17, 15) is 4.79 Å². The van der Waals surface area contributed by atoms with Gasteiger partial charge in [0.25, 0.3) is 0 Å². The van der Waals surface area contributed by atoms with Crippen molar-refractivity contribution in [2.45, 2.75) is 6.92 Å². The fourth-order valence-electron chi connectivity index (χ4n) is 1.54. The molecule has 0 radical (unpaired) electrons. The third-order valence-electron chi connectivity index (χ3n) is 2.36. The van der Waals surface area contributed by atoms with Crippen LogP contribution >= 0.6 is 0 Å². The molecule has 84 valence electrons. The summed E-state index contributed by atoms with van der Waals surface area (Å²) < 4.78 is 6.30. The number of hydrogen-bond acceptors (Lipinski definition) is 2. The first-order valence-electron chi connectivity index (χ1n) is 5.10. The van der Waals surface area contributed by atoms with Crippen molar-refractivity contribution in [1.29, 1.82) is 0 Å². The van der Waals surface area contributed by atoms with E-state index in [2.05, 4.69) is 11.0 Å². The normalized spacial score (nSPS) is 10.4. The van der Waals surface area contributed by atoms with Gasteiger partial charge < -0.3 is 0 Å². The zero-order valence-corrected chi connectivity index (χ0v) is 11.0. The molecule has 0 aliphatic carbocycles. The van der Waals surface area contributed by atoms with Crippen LogP contribution in [0.4, 0.5) is 10.5 Å². The molecule has 0 fully saturated rings. The Bertz CT molecular complexity index is 506. The van der Waals surface area contributed by atoms with E-state index in [1.807, 2.05) is 25.1 Å². The van der Waals surface area contributed by atoms with Crippen molar-refractivity contribution in [2.75, 3.05) is 18.6 Å². The van der Waals surface area contributed by atoms with Crippen molar-refractivity contribution in [1.82, 2.24) is 0 Å². The summed E-state index contributed by atoms with van der Waals surface area (Å²) in [6.45, 7) is 2.22. The molecule has 0 atom stereocenters. The summed E-state index contributed by atoms with van der Waals surface area (Å²) in [5, 5.41) is 1.15. The second-order valence-electron chi connectivity index (χ2n) is 3.38. The number of nitrogens with zero attached hydrogens (tertiary/aromatic N) is 1. The van der Waals surface area contributed by atoms with Gasteiger partial charge in [0, 0.05) is 0 Å². The van der Waals surface area contributed by atoms with E-state index in [0.29, 0.717) is 21.1 Å². The zero-order chi connectivity index (χ0) is 11.5. The molecule has 0 N–H and O–H groups in total. The van der Waals surface area contributed by atoms with Gasteiger partial charge in [0.2, 0.25) is 0 Å². The molecule has 1 aromatic heterocycles. The quantitative estimate of drug-likeness (QED) is 0.792. The number of fused-ring (bicyclic) bond motifs is 1. The van der Waals surface area contributed by atoms with Crippen LogP contribution in [-0.2, 0) is 4.74 Å². The second-order valence-corrected chi connectivity index (χ2v) is 5.29. The zero-order valence-electron chi connectivity index (χ0n) is 9.27. The van der Waals surface area contributed by atoms with Gasteiger partial charge in [-0.1, -0.05) is 0 Å². The maximum absolute atomic E-state index is 11.6. The average Bonchev–Trinajstić information content (AvgIpc) is 2.72. The van der Waals surface area contributed by atoms with Crippen molar-refractivity contribution in [3.63, 3.8) is 0 Å². The fraction of sp³-hybridized carbons (Fsp3) is 0.250. The Kier molecular flexibility index (Phi) is 3.32. The number of carbonyl (C=O) groups is 1. The maximum atomic E-state index is 11.6. The van der Waals surface area contributed by atoms with Gasteiger partial charge in [-0.2, -0.15) is 0 Å². The van der Waals surface area contributed by atoms with Crippen LogP contribution in [0.25, 0.3) is 9.65 Å². The number of amides is 1. The van der Waals surface area contributed by atoms with Gasteiger partial charge in [-0.25, -0.2) is 0 Å².